The van der Waals surface area contributed by atoms with Gasteiger partial charge in [-0.2, -0.15) is 0 Å². The molecule has 0 aliphatic rings. The van der Waals surface area contributed by atoms with Crippen molar-refractivity contribution in [2.45, 2.75) is 0 Å². The van der Waals surface area contributed by atoms with E-state index in [9.17, 15) is 9.59 Å². The molecule has 0 unspecified atom stereocenters. The third-order valence-electron chi connectivity index (χ3n) is 0.810. The molecule has 0 spiro atoms. The summed E-state index contributed by atoms with van der Waals surface area (Å²) in [7, 11) is 1.43. The van der Waals surface area contributed by atoms with Gasteiger partial charge in [-0.15, -0.1) is 0 Å². The van der Waals surface area contributed by atoms with Crippen molar-refractivity contribution in [3.63, 3.8) is 0 Å². The summed E-state index contributed by atoms with van der Waals surface area (Å²) in [4.78, 5) is 21.1. The summed E-state index contributed by atoms with van der Waals surface area (Å²) in [5.74, 6) is -2.05. The Morgan fingerprint density at radius 3 is 1.64 bits per heavy atom. The summed E-state index contributed by atoms with van der Waals surface area (Å²) in [5, 5.41) is 16.3. The van der Waals surface area contributed by atoms with Gasteiger partial charge in [0, 0.05) is 0 Å². The van der Waals surface area contributed by atoms with Crippen molar-refractivity contribution in [2.24, 2.45) is 0 Å². The molecule has 0 bridgehead atoms. The Labute approximate surface area is 104 Å². The topological polar surface area (TPSA) is 77.8 Å². The molecule has 62 valence electrons. The molecule has 5 nitrogen and oxygen atoms in total. The van der Waals surface area contributed by atoms with Crippen LogP contribution in [-0.2, 0) is 9.59 Å². The van der Waals surface area contributed by atoms with E-state index in [1.165, 1.54) is 11.9 Å². The van der Waals surface area contributed by atoms with Gasteiger partial charge in [-0.1, -0.05) is 0 Å². The van der Waals surface area contributed by atoms with Gasteiger partial charge in [0.2, 0.25) is 0 Å². The average Bonchev–Trinajstić information content (AvgIpc) is 1.58. The quantitative estimate of drug-likeness (QED) is 0.595. The van der Waals surface area contributed by atoms with Gasteiger partial charge >= 0.3 is 60.8 Å². The first kappa shape index (κ1) is 14.0. The molecule has 0 heterocycles. The van der Waals surface area contributed by atoms with Crippen LogP contribution >= 0.6 is 0 Å². The zero-order chi connectivity index (χ0) is 8.15. The van der Waals surface area contributed by atoms with E-state index >= 15 is 0 Å². The minimum atomic E-state index is -1.02. The van der Waals surface area contributed by atoms with Crippen LogP contribution in [0.25, 0.3) is 0 Å². The Bertz CT molecular complexity index is 133. The van der Waals surface area contributed by atoms with Crippen molar-refractivity contribution >= 4 is 60.8 Å². The minimum absolute atomic E-state index is 0. The first-order valence-corrected chi connectivity index (χ1v) is 2.64. The van der Waals surface area contributed by atoms with E-state index in [2.05, 4.69) is 0 Å². The number of hydrogen-bond donors (Lipinski definition) is 2. The third-order valence-corrected chi connectivity index (χ3v) is 0.810. The fourth-order valence-corrected chi connectivity index (χ4v) is 0.518. The van der Waals surface area contributed by atoms with Gasteiger partial charge in [-0.3, -0.25) is 14.5 Å². The monoisotopic (exact) mass is 287 g/mol. The van der Waals surface area contributed by atoms with Crippen LogP contribution in [0.3, 0.4) is 0 Å². The Morgan fingerprint density at radius 2 is 1.45 bits per heavy atom. The molecule has 0 fully saturated rings. The second-order valence-corrected chi connectivity index (χ2v) is 1.96. The van der Waals surface area contributed by atoms with Gasteiger partial charge in [0.1, 0.15) is 0 Å². The summed E-state index contributed by atoms with van der Waals surface area (Å²) < 4.78 is 0. The summed E-state index contributed by atoms with van der Waals surface area (Å²) in [6.07, 6.45) is 0. The van der Waals surface area contributed by atoms with Crippen LogP contribution in [0.2, 0.25) is 0 Å². The van der Waals surface area contributed by atoms with Crippen LogP contribution in [-0.4, -0.2) is 96.1 Å². The molecule has 0 saturated heterocycles. The van der Waals surface area contributed by atoms with Gasteiger partial charge < -0.3 is 10.2 Å². The molecular formula is C5H11BaNO4. The Hall–Kier alpha value is 0.471. The predicted octanol–water partition coefficient (Wildman–Crippen LogP) is -1.83. The number of carboxylic acids is 2. The maximum atomic E-state index is 9.96. The zero-order valence-electron chi connectivity index (χ0n) is 5.57. The van der Waals surface area contributed by atoms with Gasteiger partial charge in [-0.05, 0) is 7.05 Å². The standard InChI is InChI=1S/C5H9NO4.Ba.2H/c1-6(2-4(7)8)3-5(9)10;;;/h2-3H2,1H3,(H,7,8)(H,9,10);;;. The molecule has 0 aromatic rings. The van der Waals surface area contributed by atoms with Crippen molar-refractivity contribution in [1.29, 1.82) is 0 Å². The molecular weight excluding hydrogens is 275 g/mol. The fraction of sp³-hybridized carbons (Fsp3) is 0.600. The number of rotatable bonds is 4. The van der Waals surface area contributed by atoms with E-state index in [1.54, 1.807) is 0 Å². The summed E-state index contributed by atoms with van der Waals surface area (Å²) >= 11 is 0. The SMILES string of the molecule is CN(CC(=O)O)CC(=O)O.[BaH2]. The van der Waals surface area contributed by atoms with Crippen LogP contribution in [0.5, 0.6) is 0 Å². The molecule has 0 aromatic heterocycles. The maximum absolute atomic E-state index is 9.96. The number of aliphatic carboxylic acids is 2. The van der Waals surface area contributed by atoms with Gasteiger partial charge in [-0.25, -0.2) is 0 Å². The summed E-state index contributed by atoms with van der Waals surface area (Å²) in [5.41, 5.74) is 0. The predicted molar refractivity (Wildman–Crippen MR) is 41.3 cm³/mol. The average molecular weight is 286 g/mol. The Kier molecular flexibility index (Phi) is 9.10. The Balaban J connectivity index is 0. The van der Waals surface area contributed by atoms with E-state index in [-0.39, 0.29) is 62.0 Å². The van der Waals surface area contributed by atoms with Crippen molar-refractivity contribution in [2.75, 3.05) is 20.1 Å². The molecule has 0 saturated carbocycles. The van der Waals surface area contributed by atoms with E-state index in [0.717, 1.165) is 0 Å². The van der Waals surface area contributed by atoms with Gasteiger partial charge in [0.05, 0.1) is 13.1 Å². The van der Waals surface area contributed by atoms with Gasteiger partial charge in [0.25, 0.3) is 0 Å². The van der Waals surface area contributed by atoms with Crippen LogP contribution in [0.1, 0.15) is 0 Å². The van der Waals surface area contributed by atoms with Crippen molar-refractivity contribution in [3.05, 3.63) is 0 Å². The van der Waals surface area contributed by atoms with E-state index in [4.69, 9.17) is 10.2 Å². The van der Waals surface area contributed by atoms with Gasteiger partial charge in [0.15, 0.2) is 0 Å². The Morgan fingerprint density at radius 1 is 1.18 bits per heavy atom. The number of carboxylic acid groups (broad SMARTS) is 2. The van der Waals surface area contributed by atoms with Crippen LogP contribution in [0.15, 0.2) is 0 Å². The number of hydrogen-bond acceptors (Lipinski definition) is 3. The van der Waals surface area contributed by atoms with Crippen LogP contribution in [0.4, 0.5) is 0 Å². The summed E-state index contributed by atoms with van der Waals surface area (Å²) in [6.45, 7) is -0.488. The van der Waals surface area contributed by atoms with Crippen LogP contribution in [0, 0.1) is 0 Å². The molecule has 2 N–H and O–H groups in total. The van der Waals surface area contributed by atoms with Crippen molar-refractivity contribution < 1.29 is 19.8 Å². The molecule has 11 heavy (non-hydrogen) atoms. The second-order valence-electron chi connectivity index (χ2n) is 1.96. The third kappa shape index (κ3) is 10.5. The summed E-state index contributed by atoms with van der Waals surface area (Å²) in [6, 6.07) is 0. The molecule has 0 aliphatic heterocycles. The fourth-order valence-electron chi connectivity index (χ4n) is 0.518. The zero-order valence-corrected chi connectivity index (χ0v) is 5.57. The van der Waals surface area contributed by atoms with Crippen molar-refractivity contribution in [3.8, 4) is 0 Å². The molecule has 0 aromatic carbocycles. The normalized spacial score (nSPS) is 8.91. The molecule has 0 aliphatic carbocycles. The number of carbonyl (C=O) groups is 2. The molecule has 0 rings (SSSR count). The molecule has 0 atom stereocenters. The molecule has 6 heteroatoms. The van der Waals surface area contributed by atoms with E-state index in [0.29, 0.717) is 0 Å². The second kappa shape index (κ2) is 7.14. The molecule has 0 amide bonds. The van der Waals surface area contributed by atoms with Crippen molar-refractivity contribution in [1.82, 2.24) is 4.90 Å². The molecule has 0 radical (unpaired) electrons. The number of likely N-dealkylation sites (N-methyl/N-ethyl adjacent to an activating group) is 1. The van der Waals surface area contributed by atoms with Crippen LogP contribution < -0.4 is 0 Å². The van der Waals surface area contributed by atoms with E-state index < -0.39 is 11.9 Å². The number of nitrogens with zero attached hydrogens (tertiary/aromatic N) is 1. The first-order valence-electron chi connectivity index (χ1n) is 2.64. The first-order chi connectivity index (χ1) is 4.52. The van der Waals surface area contributed by atoms with E-state index in [1.807, 2.05) is 0 Å².